The van der Waals surface area contributed by atoms with Crippen LogP contribution in [0.25, 0.3) is 0 Å². The number of allylic oxidation sites excluding steroid dienone is 8. The van der Waals surface area contributed by atoms with E-state index in [1.807, 2.05) is 0 Å². The molecule has 0 aliphatic heterocycles. The highest BCUT2D eigenvalue weighted by atomic mass is 16.6. The van der Waals surface area contributed by atoms with Gasteiger partial charge in [0, 0.05) is 19.3 Å². The Morgan fingerprint density at radius 1 is 0.263 bits per heavy atom. The van der Waals surface area contributed by atoms with E-state index in [0.717, 1.165) is 83.5 Å². The molecule has 0 aromatic rings. The third-order valence-corrected chi connectivity index (χ3v) is 16.1. The first kappa shape index (κ1) is 77.4. The molecule has 468 valence electrons. The predicted octanol–water partition coefficient (Wildman–Crippen LogP) is 24.5. The second-order valence-corrected chi connectivity index (χ2v) is 24.1. The quantitative estimate of drug-likeness (QED) is 0.0261. The third-order valence-electron chi connectivity index (χ3n) is 16.1. The number of hydrogen-bond donors (Lipinski definition) is 0. The summed E-state index contributed by atoms with van der Waals surface area (Å²) in [5.41, 5.74) is 0. The Labute approximate surface area is 498 Å². The first-order valence-corrected chi connectivity index (χ1v) is 35.6. The molecule has 0 saturated heterocycles. The van der Waals surface area contributed by atoms with Crippen molar-refractivity contribution in [3.63, 3.8) is 0 Å². The van der Waals surface area contributed by atoms with E-state index in [1.165, 1.54) is 263 Å². The molecule has 0 amide bonds. The lowest BCUT2D eigenvalue weighted by atomic mass is 10.0. The Hall–Kier alpha value is -2.63. The van der Waals surface area contributed by atoms with Crippen LogP contribution in [0, 0.1) is 0 Å². The number of carbonyl (C=O) groups is 3. The predicted molar refractivity (Wildman–Crippen MR) is 349 cm³/mol. The summed E-state index contributed by atoms with van der Waals surface area (Å²) in [5, 5.41) is 0. The van der Waals surface area contributed by atoms with Crippen molar-refractivity contribution in [3.8, 4) is 0 Å². The van der Waals surface area contributed by atoms with E-state index >= 15 is 0 Å². The van der Waals surface area contributed by atoms with Crippen LogP contribution in [-0.4, -0.2) is 37.2 Å². The summed E-state index contributed by atoms with van der Waals surface area (Å²) in [4.78, 5) is 38.5. The van der Waals surface area contributed by atoms with Crippen molar-refractivity contribution in [3.05, 3.63) is 48.6 Å². The Morgan fingerprint density at radius 3 is 0.762 bits per heavy atom. The Kier molecular flexibility index (Phi) is 66.6. The van der Waals surface area contributed by atoms with Crippen molar-refractivity contribution >= 4 is 17.9 Å². The number of ether oxygens (including phenoxy) is 3. The van der Waals surface area contributed by atoms with Gasteiger partial charge < -0.3 is 14.2 Å². The summed E-state index contributed by atoms with van der Waals surface area (Å²) in [7, 11) is 0. The summed E-state index contributed by atoms with van der Waals surface area (Å²) < 4.78 is 17.0. The largest absolute Gasteiger partial charge is 0.462 e. The molecule has 0 aromatic carbocycles. The highest BCUT2D eigenvalue weighted by Gasteiger charge is 2.19. The van der Waals surface area contributed by atoms with Crippen LogP contribution in [0.2, 0.25) is 0 Å². The fourth-order valence-corrected chi connectivity index (χ4v) is 10.8. The summed E-state index contributed by atoms with van der Waals surface area (Å²) in [6.07, 6.45) is 87.1. The zero-order valence-corrected chi connectivity index (χ0v) is 53.9. The molecule has 0 heterocycles. The molecule has 1 unspecified atom stereocenters. The molecule has 6 nitrogen and oxygen atoms in total. The molecular formula is C74H136O6. The van der Waals surface area contributed by atoms with Crippen molar-refractivity contribution in [1.82, 2.24) is 0 Å². The lowest BCUT2D eigenvalue weighted by molar-refractivity contribution is -0.167. The van der Waals surface area contributed by atoms with Crippen molar-refractivity contribution in [2.24, 2.45) is 0 Å². The standard InChI is InChI=1S/C74H136O6/c1-4-7-10-13-16-19-22-25-28-30-32-34-36-38-39-41-43-46-49-52-55-58-61-64-67-73(76)79-70-71(69-78-72(75)66-63-60-57-54-51-48-45-27-24-21-18-15-12-9-6-3)80-74(77)68-65-62-59-56-53-50-47-44-42-40-37-35-33-31-29-26-23-20-17-14-11-8-5-2/h8,11,17,20,26,29,33,35,71H,4-7,9-10,12-16,18-19,21-25,27-28,30-32,34,36-70H2,1-3H3/b11-8-,20-17-,29-26-,35-33-. The first-order valence-electron chi connectivity index (χ1n) is 35.6. The van der Waals surface area contributed by atoms with E-state index < -0.39 is 6.10 Å². The zero-order valence-electron chi connectivity index (χ0n) is 53.9. The number of hydrogen-bond acceptors (Lipinski definition) is 6. The van der Waals surface area contributed by atoms with Gasteiger partial charge in [-0.2, -0.15) is 0 Å². The minimum absolute atomic E-state index is 0.0688. The lowest BCUT2D eigenvalue weighted by Gasteiger charge is -2.18. The minimum Gasteiger partial charge on any atom is -0.462 e. The molecule has 80 heavy (non-hydrogen) atoms. The van der Waals surface area contributed by atoms with Crippen LogP contribution < -0.4 is 0 Å². The second kappa shape index (κ2) is 68.9. The van der Waals surface area contributed by atoms with Gasteiger partial charge in [-0.1, -0.05) is 358 Å². The van der Waals surface area contributed by atoms with Gasteiger partial charge in [-0.15, -0.1) is 0 Å². The van der Waals surface area contributed by atoms with Gasteiger partial charge in [0.05, 0.1) is 0 Å². The van der Waals surface area contributed by atoms with Crippen LogP contribution in [0.1, 0.15) is 387 Å². The molecular weight excluding hydrogens is 985 g/mol. The molecule has 0 radical (unpaired) electrons. The van der Waals surface area contributed by atoms with E-state index in [9.17, 15) is 14.4 Å². The van der Waals surface area contributed by atoms with Crippen molar-refractivity contribution in [2.75, 3.05) is 13.2 Å². The number of rotatable bonds is 66. The van der Waals surface area contributed by atoms with Gasteiger partial charge in [0.15, 0.2) is 6.10 Å². The van der Waals surface area contributed by atoms with Gasteiger partial charge >= 0.3 is 17.9 Å². The highest BCUT2D eigenvalue weighted by molar-refractivity contribution is 5.71. The summed E-state index contributed by atoms with van der Waals surface area (Å²) in [6, 6.07) is 0. The maximum Gasteiger partial charge on any atom is 0.306 e. The highest BCUT2D eigenvalue weighted by Crippen LogP contribution is 2.19. The topological polar surface area (TPSA) is 78.9 Å². The van der Waals surface area contributed by atoms with E-state index in [4.69, 9.17) is 14.2 Å². The van der Waals surface area contributed by atoms with Gasteiger partial charge in [-0.25, -0.2) is 0 Å². The van der Waals surface area contributed by atoms with Crippen LogP contribution in [-0.2, 0) is 28.6 Å². The van der Waals surface area contributed by atoms with Crippen LogP contribution >= 0.6 is 0 Å². The van der Waals surface area contributed by atoms with Gasteiger partial charge in [-0.05, 0) is 57.8 Å². The van der Waals surface area contributed by atoms with Gasteiger partial charge in [0.2, 0.25) is 0 Å². The van der Waals surface area contributed by atoms with Crippen molar-refractivity contribution < 1.29 is 28.6 Å². The molecule has 0 fully saturated rings. The normalized spacial score (nSPS) is 12.3. The number of unbranched alkanes of at least 4 members (excludes halogenated alkanes) is 47. The number of carbonyl (C=O) groups excluding carboxylic acids is 3. The van der Waals surface area contributed by atoms with Crippen LogP contribution in [0.5, 0.6) is 0 Å². The molecule has 0 bridgehead atoms. The minimum atomic E-state index is -0.774. The zero-order chi connectivity index (χ0) is 57.8. The van der Waals surface area contributed by atoms with Gasteiger partial charge in [-0.3, -0.25) is 14.4 Å². The average molecular weight is 1120 g/mol. The molecule has 1 atom stereocenters. The maximum atomic E-state index is 13.0. The molecule has 0 saturated carbocycles. The monoisotopic (exact) mass is 1120 g/mol. The molecule has 6 heteroatoms. The third kappa shape index (κ3) is 66.2. The van der Waals surface area contributed by atoms with E-state index in [-0.39, 0.29) is 31.1 Å². The van der Waals surface area contributed by atoms with Crippen molar-refractivity contribution in [2.45, 2.75) is 393 Å². The fraction of sp³-hybridized carbons (Fsp3) is 0.851. The Morgan fingerprint density at radius 2 is 0.487 bits per heavy atom. The molecule has 0 spiro atoms. The second-order valence-electron chi connectivity index (χ2n) is 24.1. The van der Waals surface area contributed by atoms with Crippen LogP contribution in [0.15, 0.2) is 48.6 Å². The smallest absolute Gasteiger partial charge is 0.306 e. The van der Waals surface area contributed by atoms with Crippen LogP contribution in [0.4, 0.5) is 0 Å². The fourth-order valence-electron chi connectivity index (χ4n) is 10.8. The van der Waals surface area contributed by atoms with E-state index in [2.05, 4.69) is 69.4 Å². The van der Waals surface area contributed by atoms with Crippen LogP contribution in [0.3, 0.4) is 0 Å². The Balaban J connectivity index is 4.28. The summed E-state index contributed by atoms with van der Waals surface area (Å²) >= 11 is 0. The molecule has 0 aliphatic rings. The molecule has 0 rings (SSSR count). The first-order chi connectivity index (χ1) is 39.5. The van der Waals surface area contributed by atoms with E-state index in [1.54, 1.807) is 0 Å². The molecule has 0 N–H and O–H groups in total. The maximum absolute atomic E-state index is 13.0. The Bertz CT molecular complexity index is 1380. The SMILES string of the molecule is CC/C=C\C/C=C\C/C=C\C/C=C\CCCCCCCCCCCCC(=O)OC(COC(=O)CCCCCCCCCCCCCCCCC)COC(=O)CCCCCCCCCCCCCCCCCCCCCCCCCC. The molecule has 0 aromatic heterocycles. The average Bonchev–Trinajstić information content (AvgIpc) is 3.46. The summed E-state index contributed by atoms with van der Waals surface area (Å²) in [5.74, 6) is -0.843. The van der Waals surface area contributed by atoms with Gasteiger partial charge in [0.1, 0.15) is 13.2 Å². The van der Waals surface area contributed by atoms with Gasteiger partial charge in [0.25, 0.3) is 0 Å². The van der Waals surface area contributed by atoms with E-state index in [0.29, 0.717) is 19.3 Å². The van der Waals surface area contributed by atoms with Crippen molar-refractivity contribution in [1.29, 1.82) is 0 Å². The summed E-state index contributed by atoms with van der Waals surface area (Å²) in [6.45, 7) is 6.60. The number of esters is 3. The molecule has 0 aliphatic carbocycles. The lowest BCUT2D eigenvalue weighted by Crippen LogP contribution is -2.30.